The highest BCUT2D eigenvalue weighted by molar-refractivity contribution is 6.31. The molecule has 0 atom stereocenters. The lowest BCUT2D eigenvalue weighted by atomic mass is 10.1. The number of aryl methyl sites for hydroxylation is 2. The van der Waals surface area contributed by atoms with E-state index in [1.54, 1.807) is 17.8 Å². The van der Waals surface area contributed by atoms with Crippen LogP contribution in [0.25, 0.3) is 6.08 Å². The van der Waals surface area contributed by atoms with Gasteiger partial charge in [0.15, 0.2) is 0 Å². The first-order valence-corrected chi connectivity index (χ1v) is 9.36. The van der Waals surface area contributed by atoms with Crippen molar-refractivity contribution in [1.82, 2.24) is 14.7 Å². The van der Waals surface area contributed by atoms with Gasteiger partial charge in [-0.05, 0) is 43.5 Å². The summed E-state index contributed by atoms with van der Waals surface area (Å²) < 4.78 is 1.57. The molecule has 27 heavy (non-hydrogen) atoms. The summed E-state index contributed by atoms with van der Waals surface area (Å²) in [6.45, 7) is 3.21. The highest BCUT2D eigenvalue weighted by Crippen LogP contribution is 2.20. The Morgan fingerprint density at radius 1 is 1.37 bits per heavy atom. The van der Waals surface area contributed by atoms with E-state index in [2.05, 4.69) is 10.4 Å². The van der Waals surface area contributed by atoms with Crippen LogP contribution >= 0.6 is 11.6 Å². The number of nitrogens with zero attached hydrogens (tertiary/aromatic N) is 3. The normalized spacial score (nSPS) is 14.8. The standard InChI is InChI=1S/C20H23ClN4O2/c1-14-17(20(21)24(2)23-14)9-10-18(26)22-16-7-5-6-15(12-16)13-25-11-4-3-8-19(25)27/h5-7,9-10,12H,3-4,8,11,13H2,1-2H3,(H,22,26)/b10-9+. The Morgan fingerprint density at radius 3 is 2.89 bits per heavy atom. The molecule has 2 amide bonds. The number of piperidine rings is 1. The maximum atomic E-state index is 12.2. The Kier molecular flexibility index (Phi) is 5.96. The zero-order valence-electron chi connectivity index (χ0n) is 15.5. The molecule has 0 radical (unpaired) electrons. The molecule has 3 rings (SSSR count). The second kappa shape index (κ2) is 8.39. The maximum absolute atomic E-state index is 12.2. The minimum absolute atomic E-state index is 0.197. The fourth-order valence-corrected chi connectivity index (χ4v) is 3.41. The minimum Gasteiger partial charge on any atom is -0.338 e. The summed E-state index contributed by atoms with van der Waals surface area (Å²) in [7, 11) is 1.76. The fourth-order valence-electron chi connectivity index (χ4n) is 3.18. The summed E-state index contributed by atoms with van der Waals surface area (Å²) >= 11 is 6.17. The number of halogens is 1. The molecule has 1 saturated heterocycles. The molecule has 1 aromatic heterocycles. The Labute approximate surface area is 163 Å². The molecule has 142 valence electrons. The van der Waals surface area contributed by atoms with E-state index < -0.39 is 0 Å². The Balaban J connectivity index is 1.64. The average Bonchev–Trinajstić information content (AvgIpc) is 2.87. The van der Waals surface area contributed by atoms with Crippen molar-refractivity contribution < 1.29 is 9.59 Å². The molecular formula is C20H23ClN4O2. The van der Waals surface area contributed by atoms with Gasteiger partial charge in [0.1, 0.15) is 5.15 Å². The molecule has 6 nitrogen and oxygen atoms in total. The first kappa shape index (κ1) is 19.2. The van der Waals surface area contributed by atoms with Crippen molar-refractivity contribution in [3.05, 3.63) is 52.3 Å². The third-order valence-electron chi connectivity index (χ3n) is 4.59. The van der Waals surface area contributed by atoms with Crippen molar-refractivity contribution in [1.29, 1.82) is 0 Å². The summed E-state index contributed by atoms with van der Waals surface area (Å²) in [6.07, 6.45) is 5.74. The molecule has 7 heteroatoms. The van der Waals surface area contributed by atoms with Crippen molar-refractivity contribution in [3.63, 3.8) is 0 Å². The van der Waals surface area contributed by atoms with Gasteiger partial charge in [0.2, 0.25) is 11.8 Å². The van der Waals surface area contributed by atoms with Crippen LogP contribution in [0.1, 0.15) is 36.1 Å². The van der Waals surface area contributed by atoms with Gasteiger partial charge >= 0.3 is 0 Å². The number of anilines is 1. The Morgan fingerprint density at radius 2 is 2.19 bits per heavy atom. The van der Waals surface area contributed by atoms with Crippen molar-refractivity contribution >= 4 is 35.2 Å². The molecule has 0 unspecified atom stereocenters. The molecule has 1 N–H and O–H groups in total. The molecular weight excluding hydrogens is 364 g/mol. The largest absolute Gasteiger partial charge is 0.338 e. The molecule has 0 bridgehead atoms. The van der Waals surface area contributed by atoms with Gasteiger partial charge < -0.3 is 10.2 Å². The van der Waals surface area contributed by atoms with Crippen LogP contribution in [0.3, 0.4) is 0 Å². The van der Waals surface area contributed by atoms with Gasteiger partial charge in [0, 0.05) is 43.9 Å². The molecule has 0 aliphatic carbocycles. The minimum atomic E-state index is -0.250. The van der Waals surface area contributed by atoms with Gasteiger partial charge in [-0.1, -0.05) is 23.7 Å². The van der Waals surface area contributed by atoms with Crippen LogP contribution in [0.5, 0.6) is 0 Å². The predicted molar refractivity (Wildman–Crippen MR) is 106 cm³/mol. The van der Waals surface area contributed by atoms with Crippen LogP contribution in [-0.4, -0.2) is 33.0 Å². The van der Waals surface area contributed by atoms with E-state index in [0.717, 1.165) is 36.2 Å². The van der Waals surface area contributed by atoms with Crippen LogP contribution in [0.2, 0.25) is 5.15 Å². The zero-order chi connectivity index (χ0) is 19.4. The summed E-state index contributed by atoms with van der Waals surface area (Å²) in [6, 6.07) is 7.57. The van der Waals surface area contributed by atoms with E-state index in [-0.39, 0.29) is 11.8 Å². The van der Waals surface area contributed by atoms with E-state index in [9.17, 15) is 9.59 Å². The summed E-state index contributed by atoms with van der Waals surface area (Å²) in [5.41, 5.74) is 3.19. The van der Waals surface area contributed by atoms with Crippen LogP contribution < -0.4 is 5.32 Å². The third kappa shape index (κ3) is 4.77. The number of carbonyl (C=O) groups is 2. The van der Waals surface area contributed by atoms with Gasteiger partial charge in [0.05, 0.1) is 5.69 Å². The summed E-state index contributed by atoms with van der Waals surface area (Å²) in [5.74, 6) is -0.0529. The number of likely N-dealkylation sites (tertiary alicyclic amines) is 1. The number of carbonyl (C=O) groups excluding carboxylic acids is 2. The lowest BCUT2D eigenvalue weighted by Gasteiger charge is -2.26. The predicted octanol–water partition coefficient (Wildman–Crippen LogP) is 3.55. The maximum Gasteiger partial charge on any atom is 0.248 e. The fraction of sp³-hybridized carbons (Fsp3) is 0.350. The topological polar surface area (TPSA) is 67.2 Å². The lowest BCUT2D eigenvalue weighted by molar-refractivity contribution is -0.133. The first-order chi connectivity index (χ1) is 12.9. The average molecular weight is 387 g/mol. The van der Waals surface area contributed by atoms with Crippen LogP contribution in [-0.2, 0) is 23.2 Å². The summed E-state index contributed by atoms with van der Waals surface area (Å²) in [4.78, 5) is 26.1. The smallest absolute Gasteiger partial charge is 0.248 e. The number of hydrogen-bond donors (Lipinski definition) is 1. The van der Waals surface area contributed by atoms with E-state index in [1.807, 2.05) is 36.1 Å². The van der Waals surface area contributed by atoms with E-state index in [0.29, 0.717) is 23.8 Å². The Hall–Kier alpha value is -2.60. The quantitative estimate of drug-likeness (QED) is 0.799. The highest BCUT2D eigenvalue weighted by Gasteiger charge is 2.18. The molecule has 0 saturated carbocycles. The van der Waals surface area contributed by atoms with Crippen LogP contribution in [0.4, 0.5) is 5.69 Å². The molecule has 0 spiro atoms. The lowest BCUT2D eigenvalue weighted by Crippen LogP contribution is -2.34. The number of nitrogens with one attached hydrogen (secondary N) is 1. The van der Waals surface area contributed by atoms with Crippen LogP contribution in [0.15, 0.2) is 30.3 Å². The molecule has 1 aromatic carbocycles. The second-order valence-corrected chi connectivity index (χ2v) is 7.07. The van der Waals surface area contributed by atoms with Gasteiger partial charge in [0.25, 0.3) is 0 Å². The monoisotopic (exact) mass is 386 g/mol. The van der Waals surface area contributed by atoms with Crippen molar-refractivity contribution in [2.24, 2.45) is 7.05 Å². The SMILES string of the molecule is Cc1nn(C)c(Cl)c1/C=C/C(=O)Nc1cccc(CN2CCCCC2=O)c1. The van der Waals surface area contributed by atoms with Crippen molar-refractivity contribution in [3.8, 4) is 0 Å². The molecule has 2 heterocycles. The van der Waals surface area contributed by atoms with Gasteiger partial charge in [-0.3, -0.25) is 14.3 Å². The zero-order valence-corrected chi connectivity index (χ0v) is 16.3. The van der Waals surface area contributed by atoms with E-state index in [4.69, 9.17) is 11.6 Å². The van der Waals surface area contributed by atoms with E-state index in [1.165, 1.54) is 6.08 Å². The molecule has 1 aliphatic heterocycles. The second-order valence-electron chi connectivity index (χ2n) is 6.71. The number of aromatic nitrogens is 2. The number of amides is 2. The molecule has 2 aromatic rings. The third-order valence-corrected chi connectivity index (χ3v) is 5.04. The highest BCUT2D eigenvalue weighted by atomic mass is 35.5. The first-order valence-electron chi connectivity index (χ1n) is 8.99. The number of benzene rings is 1. The molecule has 1 aliphatic rings. The van der Waals surface area contributed by atoms with Crippen molar-refractivity contribution in [2.45, 2.75) is 32.7 Å². The number of rotatable bonds is 5. The van der Waals surface area contributed by atoms with Crippen LogP contribution in [0, 0.1) is 6.92 Å². The summed E-state index contributed by atoms with van der Waals surface area (Å²) in [5, 5.41) is 7.55. The van der Waals surface area contributed by atoms with Crippen molar-refractivity contribution in [2.75, 3.05) is 11.9 Å². The van der Waals surface area contributed by atoms with Gasteiger partial charge in [-0.2, -0.15) is 5.10 Å². The van der Waals surface area contributed by atoms with Gasteiger partial charge in [-0.25, -0.2) is 0 Å². The van der Waals surface area contributed by atoms with Gasteiger partial charge in [-0.15, -0.1) is 0 Å². The Bertz CT molecular complexity index is 888. The van der Waals surface area contributed by atoms with E-state index >= 15 is 0 Å². The molecule has 1 fully saturated rings. The number of hydrogen-bond acceptors (Lipinski definition) is 3.